The molecule has 0 radical (unpaired) electrons. The zero-order chi connectivity index (χ0) is 47.3. The van der Waals surface area contributed by atoms with Crippen molar-refractivity contribution in [3.05, 3.63) is 125 Å². The second kappa shape index (κ2) is 18.7. The van der Waals surface area contributed by atoms with Crippen molar-refractivity contribution in [2.75, 3.05) is 13.2 Å². The summed E-state index contributed by atoms with van der Waals surface area (Å²) in [6.07, 6.45) is -3.40. The van der Waals surface area contributed by atoms with Crippen molar-refractivity contribution in [2.45, 2.75) is 72.0 Å². The number of phenols is 1. The molecule has 24 heteroatoms. The largest absolute Gasteiger partial charge is 0.508 e. The molecule has 350 valence electrons. The number of hydrogen-bond donors (Lipinski definition) is 9. The van der Waals surface area contributed by atoms with E-state index in [-0.39, 0.29) is 52.2 Å². The Balaban J connectivity index is 0.901. The summed E-state index contributed by atoms with van der Waals surface area (Å²) in [7, 11) is 0. The number of nitrogens with zero attached hydrogens (tertiary/aromatic N) is 7. The Morgan fingerprint density at radius 1 is 0.851 bits per heavy atom. The minimum Gasteiger partial charge on any atom is -0.508 e. The van der Waals surface area contributed by atoms with Crippen LogP contribution in [0, 0.1) is 11.7 Å². The van der Waals surface area contributed by atoms with E-state index < -0.39 is 102 Å². The summed E-state index contributed by atoms with van der Waals surface area (Å²) >= 11 is 0.713. The van der Waals surface area contributed by atoms with E-state index in [1.54, 1.807) is 18.2 Å². The van der Waals surface area contributed by atoms with Gasteiger partial charge in [-0.05, 0) is 47.2 Å². The Morgan fingerprint density at radius 3 is 2.28 bits per heavy atom. The van der Waals surface area contributed by atoms with E-state index >= 15 is 0 Å². The minimum atomic E-state index is -1.68. The number of carboxylic acid groups (broad SMARTS) is 1. The number of amides is 1. The van der Waals surface area contributed by atoms with Gasteiger partial charge in [0.1, 0.15) is 88.3 Å². The Labute approximate surface area is 381 Å². The van der Waals surface area contributed by atoms with Crippen molar-refractivity contribution in [3.8, 4) is 22.8 Å². The molecule has 9 rings (SSSR count). The number of thioether (sulfide) groups is 1. The van der Waals surface area contributed by atoms with E-state index in [1.165, 1.54) is 66.9 Å². The standard InChI is InChI=1S/C43H41FN8O14S/c44-20-3-1-2-18(10-20)27-15-51(49-46-27)34-36(57)30(16-53)65-42(38(34)59)67-43-39(60)35(37(58)31(17-54)66-43)52-48-32(47-50-52)14-45-40(61)19-4-7-23(26(11-19)41(62)63)33-24-8-5-21(55)12-28(24)64-29-13-22(56)6-9-25(29)33/h1-13,15,24,30-31,33-39,42-43,53-54,56-60H,14,16-17H2,(H,45,61)(H,62,63)/t24?,30?,31-,33?,34?,35?,36+,37?,38?,39-,42+,43?/m1/s1. The molecule has 3 aromatic carbocycles. The number of hydrogen-bond acceptors (Lipinski definition) is 19. The highest BCUT2D eigenvalue weighted by molar-refractivity contribution is 8.00. The molecule has 0 bridgehead atoms. The second-order valence-corrected chi connectivity index (χ2v) is 17.3. The number of ketones is 1. The number of aliphatic hydroxyl groups excluding tert-OH is 6. The van der Waals surface area contributed by atoms with Crippen LogP contribution in [0.25, 0.3) is 11.3 Å². The molecule has 22 nitrogen and oxygen atoms in total. The van der Waals surface area contributed by atoms with Gasteiger partial charge in [0.2, 0.25) is 0 Å². The van der Waals surface area contributed by atoms with Crippen LogP contribution in [0.3, 0.4) is 0 Å². The van der Waals surface area contributed by atoms with Gasteiger partial charge in [0.15, 0.2) is 11.6 Å². The number of halogens is 1. The number of benzene rings is 3. The van der Waals surface area contributed by atoms with Crippen LogP contribution in [0.4, 0.5) is 4.39 Å². The summed E-state index contributed by atoms with van der Waals surface area (Å²) in [5.74, 6) is -3.85. The third-order valence-corrected chi connectivity index (χ3v) is 13.2. The van der Waals surface area contributed by atoms with Crippen LogP contribution in [0.15, 0.2) is 90.8 Å². The van der Waals surface area contributed by atoms with Gasteiger partial charge in [-0.15, -0.1) is 15.3 Å². The summed E-state index contributed by atoms with van der Waals surface area (Å²) in [5, 5.41) is 109. The molecule has 9 N–H and O–H groups in total. The fraction of sp³-hybridized carbons (Fsp3) is 0.349. The smallest absolute Gasteiger partial charge is 0.336 e. The third kappa shape index (κ3) is 8.81. The van der Waals surface area contributed by atoms with Crippen LogP contribution in [0.5, 0.6) is 11.5 Å². The zero-order valence-corrected chi connectivity index (χ0v) is 35.4. The number of aromatic nitrogens is 7. The number of carbonyl (C=O) groups is 3. The van der Waals surface area contributed by atoms with Gasteiger partial charge >= 0.3 is 5.97 Å². The lowest BCUT2D eigenvalue weighted by molar-refractivity contribution is -0.190. The van der Waals surface area contributed by atoms with E-state index in [4.69, 9.17) is 14.2 Å². The lowest BCUT2D eigenvalue weighted by atomic mass is 9.74. The molecule has 2 fully saturated rings. The third-order valence-electron chi connectivity index (χ3n) is 11.9. The highest BCUT2D eigenvalue weighted by Gasteiger charge is 2.52. The van der Waals surface area contributed by atoms with Crippen LogP contribution in [-0.4, -0.2) is 154 Å². The first-order valence-corrected chi connectivity index (χ1v) is 21.6. The maximum absolute atomic E-state index is 13.9. The number of aromatic carboxylic acids is 1. The monoisotopic (exact) mass is 944 g/mol. The number of tetrazole rings is 1. The van der Waals surface area contributed by atoms with Crippen LogP contribution in [-0.2, 0) is 20.8 Å². The van der Waals surface area contributed by atoms with Crippen LogP contribution >= 0.6 is 11.8 Å². The first-order chi connectivity index (χ1) is 32.2. The summed E-state index contributed by atoms with van der Waals surface area (Å²) in [4.78, 5) is 39.3. The van der Waals surface area contributed by atoms with Crippen LogP contribution in [0.1, 0.15) is 55.7 Å². The number of aliphatic hydroxyl groups is 6. The Kier molecular flexibility index (Phi) is 12.7. The average Bonchev–Trinajstić information content (AvgIpc) is 4.00. The number of nitrogens with one attached hydrogen (secondary N) is 1. The maximum Gasteiger partial charge on any atom is 0.336 e. The van der Waals surface area contributed by atoms with Crippen LogP contribution < -0.4 is 10.1 Å². The summed E-state index contributed by atoms with van der Waals surface area (Å²) in [6, 6.07) is 11.3. The predicted octanol–water partition coefficient (Wildman–Crippen LogP) is -0.0386. The summed E-state index contributed by atoms with van der Waals surface area (Å²) < 4.78 is 32.7. The molecule has 2 saturated heterocycles. The molecule has 12 atom stereocenters. The minimum absolute atomic E-state index is 0.0428. The molecule has 0 saturated carbocycles. The van der Waals surface area contributed by atoms with Crippen LogP contribution in [0.2, 0.25) is 0 Å². The van der Waals surface area contributed by atoms with Crippen molar-refractivity contribution in [3.63, 3.8) is 0 Å². The molecule has 67 heavy (non-hydrogen) atoms. The zero-order valence-electron chi connectivity index (χ0n) is 34.6. The highest BCUT2D eigenvalue weighted by Crippen LogP contribution is 2.49. The molecule has 5 aromatic rings. The van der Waals surface area contributed by atoms with Gasteiger partial charge < -0.3 is 60.4 Å². The van der Waals surface area contributed by atoms with Crippen molar-refractivity contribution >= 4 is 29.4 Å². The molecule has 1 amide bonds. The number of phenolic OH excluding ortho intramolecular Hbond substituents is 1. The average molecular weight is 945 g/mol. The second-order valence-electron chi connectivity index (χ2n) is 16.1. The van der Waals surface area contributed by atoms with Crippen molar-refractivity contribution < 1.29 is 73.8 Å². The number of carbonyl (C=O) groups excluding carboxylic acids is 2. The quantitative estimate of drug-likeness (QED) is 0.0792. The molecule has 4 aliphatic rings. The number of fused-ring (bicyclic) bond motifs is 2. The van der Waals surface area contributed by atoms with Gasteiger partial charge in [0, 0.05) is 40.7 Å². The van der Waals surface area contributed by atoms with Gasteiger partial charge in [-0.1, -0.05) is 47.3 Å². The van der Waals surface area contributed by atoms with Gasteiger partial charge in [0.25, 0.3) is 5.91 Å². The lowest BCUT2D eigenvalue weighted by Crippen LogP contribution is -2.58. The van der Waals surface area contributed by atoms with E-state index in [2.05, 4.69) is 31.0 Å². The topological polar surface area (TPSA) is 327 Å². The van der Waals surface area contributed by atoms with Crippen molar-refractivity contribution in [1.82, 2.24) is 40.5 Å². The van der Waals surface area contributed by atoms with E-state index in [1.807, 2.05) is 0 Å². The fourth-order valence-electron chi connectivity index (χ4n) is 8.65. The lowest BCUT2D eigenvalue weighted by Gasteiger charge is -2.45. The van der Waals surface area contributed by atoms with Gasteiger partial charge in [-0.25, -0.2) is 13.9 Å². The van der Waals surface area contributed by atoms with E-state index in [0.29, 0.717) is 28.5 Å². The Bertz CT molecular complexity index is 2770. The molecule has 8 unspecified atom stereocenters. The van der Waals surface area contributed by atoms with E-state index in [0.717, 1.165) is 9.48 Å². The molecule has 1 aliphatic carbocycles. The highest BCUT2D eigenvalue weighted by atomic mass is 32.2. The number of allylic oxidation sites excluding steroid dienone is 3. The van der Waals surface area contributed by atoms with Crippen molar-refractivity contribution in [2.24, 2.45) is 5.92 Å². The summed E-state index contributed by atoms with van der Waals surface area (Å²) in [5.41, 5.74) is -1.51. The van der Waals surface area contributed by atoms with Crippen molar-refractivity contribution in [1.29, 1.82) is 0 Å². The van der Waals surface area contributed by atoms with Gasteiger partial charge in [-0.2, -0.15) is 4.80 Å². The Morgan fingerprint density at radius 2 is 1.57 bits per heavy atom. The molecular formula is C43H41FN8O14S. The number of carboxylic acids is 1. The SMILES string of the molecule is O=C1C=CC2C(=C1)Oc1cc(O)ccc1C2c1ccc(C(=O)NCc2nnn(C3C(O)[C@@H](CO)OC(S[C@@H]4OC(CO)[C@H](O)C(n5cc(-c6cccc(F)c6)nn5)C4O)[C@@H]3O)n2)cc1C(=O)O. The molecule has 2 aromatic heterocycles. The van der Waals surface area contributed by atoms with E-state index in [9.17, 15) is 59.6 Å². The first-order valence-electron chi connectivity index (χ1n) is 20.7. The molecular weight excluding hydrogens is 904 g/mol. The fourth-order valence-corrected chi connectivity index (χ4v) is 9.97. The first kappa shape index (κ1) is 45.7. The molecule has 5 heterocycles. The summed E-state index contributed by atoms with van der Waals surface area (Å²) in [6.45, 7) is -1.80. The van der Waals surface area contributed by atoms with Gasteiger partial charge in [0.05, 0.1) is 31.5 Å². The maximum atomic E-state index is 13.9. The number of ether oxygens (including phenoxy) is 3. The Hall–Kier alpha value is -6.48. The molecule has 3 aliphatic heterocycles. The molecule has 0 spiro atoms. The number of rotatable bonds is 12. The predicted molar refractivity (Wildman–Crippen MR) is 225 cm³/mol. The van der Waals surface area contributed by atoms with Gasteiger partial charge in [-0.3, -0.25) is 9.59 Å². The number of aromatic hydroxyl groups is 1. The normalized spacial score (nSPS) is 29.1.